The zero-order valence-electron chi connectivity index (χ0n) is 14.6. The molecule has 0 spiro atoms. The number of nitrogens with one attached hydrogen (secondary N) is 2. The van der Waals surface area contributed by atoms with Crippen LogP contribution in [0.4, 0.5) is 11.6 Å². The van der Waals surface area contributed by atoms with Crippen molar-refractivity contribution < 1.29 is 4.79 Å². The number of benzene rings is 2. The van der Waals surface area contributed by atoms with Crippen molar-refractivity contribution in [1.29, 1.82) is 0 Å². The van der Waals surface area contributed by atoms with Crippen LogP contribution in [0, 0.1) is 13.8 Å². The van der Waals surface area contributed by atoms with Gasteiger partial charge in [0, 0.05) is 34.7 Å². The first-order valence-corrected chi connectivity index (χ1v) is 8.59. The second-order valence-electron chi connectivity index (χ2n) is 5.94. The number of nitrogens with zero attached hydrogens (tertiary/aromatic N) is 2. The number of amides is 1. The van der Waals surface area contributed by atoms with Crippen LogP contribution in [0.1, 0.15) is 27.2 Å². The number of anilines is 2. The Morgan fingerprint density at radius 2 is 1.92 bits per heavy atom. The molecule has 0 aliphatic rings. The Kier molecular flexibility index (Phi) is 5.49. The molecule has 0 aliphatic heterocycles. The lowest BCUT2D eigenvalue weighted by molar-refractivity contribution is 0.102. The molecule has 1 amide bonds. The molecule has 0 aliphatic carbocycles. The number of hydrogen-bond donors (Lipinski definition) is 2. The molecule has 132 valence electrons. The van der Waals surface area contributed by atoms with E-state index in [1.807, 2.05) is 50.2 Å². The molecule has 0 unspecified atom stereocenters. The first-order valence-electron chi connectivity index (χ1n) is 8.22. The Labute approximate surface area is 157 Å². The minimum Gasteiger partial charge on any atom is -0.350 e. The summed E-state index contributed by atoms with van der Waals surface area (Å²) in [7, 11) is 0. The normalized spacial score (nSPS) is 10.4. The minimum absolute atomic E-state index is 0.177. The fraction of sp³-hybridized carbons (Fsp3) is 0.150. The Morgan fingerprint density at radius 3 is 2.73 bits per heavy atom. The zero-order valence-corrected chi connectivity index (χ0v) is 15.3. The van der Waals surface area contributed by atoms with Gasteiger partial charge in [-0.2, -0.15) is 0 Å². The zero-order chi connectivity index (χ0) is 18.5. The van der Waals surface area contributed by atoms with Crippen molar-refractivity contribution in [3.63, 3.8) is 0 Å². The van der Waals surface area contributed by atoms with Crippen molar-refractivity contribution in [2.45, 2.75) is 20.4 Å². The summed E-state index contributed by atoms with van der Waals surface area (Å²) in [6, 6.07) is 14.7. The van der Waals surface area contributed by atoms with E-state index in [0.717, 1.165) is 16.8 Å². The third-order valence-electron chi connectivity index (χ3n) is 3.95. The van der Waals surface area contributed by atoms with E-state index < -0.39 is 0 Å². The number of aryl methyl sites for hydroxylation is 1. The molecular weight excluding hydrogens is 348 g/mol. The molecule has 3 aromatic rings. The molecule has 26 heavy (non-hydrogen) atoms. The summed E-state index contributed by atoms with van der Waals surface area (Å²) in [6.07, 6.45) is 1.71. The van der Waals surface area contributed by atoms with Crippen LogP contribution >= 0.6 is 11.6 Å². The number of aromatic nitrogens is 2. The fourth-order valence-electron chi connectivity index (χ4n) is 2.48. The van der Waals surface area contributed by atoms with E-state index >= 15 is 0 Å². The molecule has 1 aromatic heterocycles. The molecule has 0 fully saturated rings. The van der Waals surface area contributed by atoms with Gasteiger partial charge in [0.2, 0.25) is 5.95 Å². The smallest absolute Gasteiger partial charge is 0.255 e. The van der Waals surface area contributed by atoms with E-state index in [4.69, 9.17) is 11.6 Å². The molecule has 0 atom stereocenters. The highest BCUT2D eigenvalue weighted by Crippen LogP contribution is 2.23. The summed E-state index contributed by atoms with van der Waals surface area (Å²) in [4.78, 5) is 21.0. The highest BCUT2D eigenvalue weighted by atomic mass is 35.5. The van der Waals surface area contributed by atoms with E-state index in [-0.39, 0.29) is 5.91 Å². The molecule has 0 radical (unpaired) electrons. The highest BCUT2D eigenvalue weighted by molar-refractivity contribution is 6.31. The van der Waals surface area contributed by atoms with E-state index in [1.54, 1.807) is 18.3 Å². The van der Waals surface area contributed by atoms with Gasteiger partial charge in [-0.05, 0) is 55.3 Å². The van der Waals surface area contributed by atoms with E-state index in [0.29, 0.717) is 28.8 Å². The van der Waals surface area contributed by atoms with E-state index in [1.165, 1.54) is 0 Å². The average molecular weight is 367 g/mol. The summed E-state index contributed by atoms with van der Waals surface area (Å²) in [5.74, 6) is 0.387. The van der Waals surface area contributed by atoms with E-state index in [2.05, 4.69) is 20.6 Å². The van der Waals surface area contributed by atoms with Gasteiger partial charge in [0.1, 0.15) is 0 Å². The molecule has 5 nitrogen and oxygen atoms in total. The Bertz CT molecular complexity index is 943. The average Bonchev–Trinajstić information content (AvgIpc) is 2.64. The number of rotatable bonds is 5. The predicted molar refractivity (Wildman–Crippen MR) is 105 cm³/mol. The Balaban J connectivity index is 1.70. The van der Waals surface area contributed by atoms with Crippen molar-refractivity contribution in [1.82, 2.24) is 9.97 Å². The van der Waals surface area contributed by atoms with Gasteiger partial charge >= 0.3 is 0 Å². The van der Waals surface area contributed by atoms with Crippen LogP contribution in [0.25, 0.3) is 0 Å². The minimum atomic E-state index is -0.177. The fourth-order valence-corrected chi connectivity index (χ4v) is 2.65. The van der Waals surface area contributed by atoms with Gasteiger partial charge in [0.05, 0.1) is 0 Å². The molecule has 6 heteroatoms. The highest BCUT2D eigenvalue weighted by Gasteiger charge is 2.10. The van der Waals surface area contributed by atoms with Crippen LogP contribution in [0.2, 0.25) is 5.02 Å². The van der Waals surface area contributed by atoms with Crippen molar-refractivity contribution >= 4 is 29.1 Å². The largest absolute Gasteiger partial charge is 0.350 e. The lowest BCUT2D eigenvalue weighted by atomic mass is 10.1. The van der Waals surface area contributed by atoms with Crippen LogP contribution in [-0.4, -0.2) is 15.9 Å². The molecule has 2 N–H and O–H groups in total. The Hall–Kier alpha value is -2.92. The van der Waals surface area contributed by atoms with E-state index in [9.17, 15) is 4.79 Å². The second kappa shape index (κ2) is 7.97. The molecule has 0 saturated carbocycles. The van der Waals surface area contributed by atoms with Crippen LogP contribution < -0.4 is 10.6 Å². The number of hydrogen-bond acceptors (Lipinski definition) is 4. The lowest BCUT2D eigenvalue weighted by Crippen LogP contribution is -2.13. The van der Waals surface area contributed by atoms with Gasteiger partial charge < -0.3 is 10.6 Å². The lowest BCUT2D eigenvalue weighted by Gasteiger charge is -2.11. The van der Waals surface area contributed by atoms with Crippen LogP contribution in [0.5, 0.6) is 0 Å². The first-order chi connectivity index (χ1) is 12.5. The SMILES string of the molecule is Cc1ccnc(NCc2cccc(C(=O)Nc3cccc(Cl)c3C)c2)n1. The number of halogens is 1. The van der Waals surface area contributed by atoms with Gasteiger partial charge in [-0.3, -0.25) is 4.79 Å². The third-order valence-corrected chi connectivity index (χ3v) is 4.36. The van der Waals surface area contributed by atoms with Crippen molar-refractivity contribution in [3.8, 4) is 0 Å². The van der Waals surface area contributed by atoms with Crippen LogP contribution in [0.3, 0.4) is 0 Å². The summed E-state index contributed by atoms with van der Waals surface area (Å²) in [5, 5.41) is 6.69. The summed E-state index contributed by atoms with van der Waals surface area (Å²) >= 11 is 6.11. The van der Waals surface area contributed by atoms with Crippen LogP contribution in [-0.2, 0) is 6.54 Å². The van der Waals surface area contributed by atoms with Crippen molar-refractivity contribution in [2.24, 2.45) is 0 Å². The maximum atomic E-state index is 12.5. The van der Waals surface area contributed by atoms with Gasteiger partial charge in [0.25, 0.3) is 5.91 Å². The molecule has 0 saturated heterocycles. The van der Waals surface area contributed by atoms with Crippen molar-refractivity contribution in [2.75, 3.05) is 10.6 Å². The van der Waals surface area contributed by atoms with Gasteiger partial charge in [-0.1, -0.05) is 29.8 Å². The standard InChI is InChI=1S/C20H19ClN4O/c1-13-9-10-22-20(24-13)23-12-15-5-3-6-16(11-15)19(26)25-18-8-4-7-17(21)14(18)2/h3-11H,12H2,1-2H3,(H,25,26)(H,22,23,24). The first kappa shape index (κ1) is 17.9. The molecule has 0 bridgehead atoms. The predicted octanol–water partition coefficient (Wildman–Crippen LogP) is 4.61. The molecule has 1 heterocycles. The van der Waals surface area contributed by atoms with Gasteiger partial charge in [-0.15, -0.1) is 0 Å². The van der Waals surface area contributed by atoms with Crippen molar-refractivity contribution in [3.05, 3.63) is 82.1 Å². The maximum absolute atomic E-state index is 12.5. The summed E-state index contributed by atoms with van der Waals surface area (Å²) in [6.45, 7) is 4.32. The quantitative estimate of drug-likeness (QED) is 0.691. The number of carbonyl (C=O) groups is 1. The Morgan fingerprint density at radius 1 is 1.12 bits per heavy atom. The molecule has 2 aromatic carbocycles. The molecule has 3 rings (SSSR count). The number of carbonyl (C=O) groups excluding carboxylic acids is 1. The third kappa shape index (κ3) is 4.37. The molecular formula is C20H19ClN4O. The van der Waals surface area contributed by atoms with Crippen LogP contribution in [0.15, 0.2) is 54.7 Å². The summed E-state index contributed by atoms with van der Waals surface area (Å²) < 4.78 is 0. The second-order valence-corrected chi connectivity index (χ2v) is 6.35. The maximum Gasteiger partial charge on any atom is 0.255 e. The monoisotopic (exact) mass is 366 g/mol. The topological polar surface area (TPSA) is 66.9 Å². The van der Waals surface area contributed by atoms with Gasteiger partial charge in [-0.25, -0.2) is 9.97 Å². The van der Waals surface area contributed by atoms with Gasteiger partial charge in [0.15, 0.2) is 0 Å². The summed E-state index contributed by atoms with van der Waals surface area (Å²) in [5.41, 5.74) is 3.99.